The van der Waals surface area contributed by atoms with Crippen molar-refractivity contribution in [1.82, 2.24) is 5.32 Å². The summed E-state index contributed by atoms with van der Waals surface area (Å²) in [6.07, 6.45) is 13.3. The van der Waals surface area contributed by atoms with Crippen LogP contribution in [0.5, 0.6) is 5.75 Å². The van der Waals surface area contributed by atoms with Crippen molar-refractivity contribution in [1.29, 1.82) is 0 Å². The van der Waals surface area contributed by atoms with E-state index in [1.54, 1.807) is 0 Å². The highest BCUT2D eigenvalue weighted by Gasteiger charge is 2.44. The van der Waals surface area contributed by atoms with Gasteiger partial charge in [0, 0.05) is 11.6 Å². The Balaban J connectivity index is 0.00000243. The normalized spacial score (nSPS) is 24.0. The van der Waals surface area contributed by atoms with Gasteiger partial charge in [-0.05, 0) is 68.2 Å². The van der Waals surface area contributed by atoms with Gasteiger partial charge < -0.3 is 10.4 Å². The number of unbranched alkanes of at least 4 members (excludes halogenated alkanes) is 5. The number of phenolic OH excluding ortho intramolecular Hbond substituents is 1. The van der Waals surface area contributed by atoms with Crippen LogP contribution in [0.25, 0.3) is 0 Å². The fraction of sp³-hybridized carbons (Fsp3) is 0.739. The number of aryl methyl sites for hydroxylation is 2. The molecule has 1 fully saturated rings. The number of hydrogen-bond acceptors (Lipinski definition) is 2. The van der Waals surface area contributed by atoms with E-state index >= 15 is 0 Å². The maximum absolute atomic E-state index is 10.8. The minimum absolute atomic E-state index is 0. The highest BCUT2D eigenvalue weighted by Crippen LogP contribution is 2.56. The molecular weight excluding hydrogens is 342 g/mol. The van der Waals surface area contributed by atoms with E-state index in [-0.39, 0.29) is 12.4 Å². The number of hydrogen-bond donors (Lipinski definition) is 2. The number of benzene rings is 1. The zero-order valence-corrected chi connectivity index (χ0v) is 17.8. The number of nitrogens with one attached hydrogen (secondary N) is 1. The SMILES string of the molecule is CCCCCCCCNC1c2c(O)c(C)cc(C)c2C2CCCCC21.Cl. The number of rotatable bonds is 8. The average Bonchev–Trinajstić information content (AvgIpc) is 2.94. The van der Waals surface area contributed by atoms with E-state index in [9.17, 15) is 5.11 Å². The Kier molecular flexibility index (Phi) is 8.29. The van der Waals surface area contributed by atoms with Gasteiger partial charge in [-0.2, -0.15) is 0 Å². The molecule has 3 atom stereocenters. The van der Waals surface area contributed by atoms with E-state index in [4.69, 9.17) is 0 Å². The van der Waals surface area contributed by atoms with Gasteiger partial charge in [-0.15, -0.1) is 12.4 Å². The lowest BCUT2D eigenvalue weighted by atomic mass is 9.77. The second-order valence-electron chi connectivity index (χ2n) is 8.44. The van der Waals surface area contributed by atoms with Crippen LogP contribution < -0.4 is 5.32 Å². The van der Waals surface area contributed by atoms with Crippen LogP contribution in [0, 0.1) is 19.8 Å². The minimum Gasteiger partial charge on any atom is -0.507 e. The Morgan fingerprint density at radius 2 is 1.65 bits per heavy atom. The molecule has 2 N–H and O–H groups in total. The van der Waals surface area contributed by atoms with E-state index in [0.29, 0.717) is 23.6 Å². The van der Waals surface area contributed by atoms with Crippen molar-refractivity contribution in [3.63, 3.8) is 0 Å². The topological polar surface area (TPSA) is 32.3 Å². The number of phenols is 1. The van der Waals surface area contributed by atoms with Gasteiger partial charge in [-0.25, -0.2) is 0 Å². The van der Waals surface area contributed by atoms with Crippen LogP contribution in [0.15, 0.2) is 6.07 Å². The van der Waals surface area contributed by atoms with Gasteiger partial charge in [0.05, 0.1) is 0 Å². The maximum Gasteiger partial charge on any atom is 0.123 e. The maximum atomic E-state index is 10.8. The quantitative estimate of drug-likeness (QED) is 0.492. The van der Waals surface area contributed by atoms with Crippen molar-refractivity contribution < 1.29 is 5.11 Å². The van der Waals surface area contributed by atoms with E-state index in [0.717, 1.165) is 12.1 Å². The third kappa shape index (κ3) is 4.39. The molecular formula is C23H38ClNO. The second kappa shape index (κ2) is 9.99. The molecule has 2 nitrogen and oxygen atoms in total. The summed E-state index contributed by atoms with van der Waals surface area (Å²) in [5.74, 6) is 1.92. The van der Waals surface area contributed by atoms with Gasteiger partial charge in [0.25, 0.3) is 0 Å². The molecule has 0 radical (unpaired) electrons. The molecule has 0 aromatic heterocycles. The molecule has 0 saturated heterocycles. The summed E-state index contributed by atoms with van der Waals surface area (Å²) in [4.78, 5) is 0. The molecule has 0 bridgehead atoms. The zero-order valence-electron chi connectivity index (χ0n) is 16.9. The van der Waals surface area contributed by atoms with Crippen molar-refractivity contribution in [3.05, 3.63) is 28.3 Å². The second-order valence-corrected chi connectivity index (χ2v) is 8.44. The molecule has 0 spiro atoms. The molecule has 148 valence electrons. The number of fused-ring (bicyclic) bond motifs is 3. The predicted octanol–water partition coefficient (Wildman–Crippen LogP) is 6.71. The van der Waals surface area contributed by atoms with Crippen LogP contribution in [0.4, 0.5) is 0 Å². The summed E-state index contributed by atoms with van der Waals surface area (Å²) in [5.41, 5.74) is 5.17. The van der Waals surface area contributed by atoms with Crippen LogP contribution in [-0.2, 0) is 0 Å². The Bertz CT molecular complexity index is 586. The summed E-state index contributed by atoms with van der Waals surface area (Å²) in [5, 5.41) is 14.7. The summed E-state index contributed by atoms with van der Waals surface area (Å²) >= 11 is 0. The van der Waals surface area contributed by atoms with Gasteiger partial charge in [0.1, 0.15) is 5.75 Å². The van der Waals surface area contributed by atoms with Crippen LogP contribution in [0.1, 0.15) is 105 Å². The van der Waals surface area contributed by atoms with Gasteiger partial charge in [-0.1, -0.05) is 57.9 Å². The summed E-state index contributed by atoms with van der Waals surface area (Å²) in [7, 11) is 0. The molecule has 1 aromatic carbocycles. The Hall–Kier alpha value is -0.730. The largest absolute Gasteiger partial charge is 0.507 e. The van der Waals surface area contributed by atoms with Gasteiger partial charge in [0.15, 0.2) is 0 Å². The fourth-order valence-electron chi connectivity index (χ4n) is 5.38. The Labute approximate surface area is 166 Å². The molecule has 26 heavy (non-hydrogen) atoms. The van der Waals surface area contributed by atoms with Crippen LogP contribution in [0.2, 0.25) is 0 Å². The average molecular weight is 380 g/mol. The molecule has 1 aromatic rings. The van der Waals surface area contributed by atoms with Crippen molar-refractivity contribution in [2.75, 3.05) is 6.54 Å². The highest BCUT2D eigenvalue weighted by molar-refractivity contribution is 5.85. The fourth-order valence-corrected chi connectivity index (χ4v) is 5.38. The van der Waals surface area contributed by atoms with Crippen molar-refractivity contribution >= 4 is 12.4 Å². The van der Waals surface area contributed by atoms with Crippen molar-refractivity contribution in [3.8, 4) is 5.75 Å². The molecule has 2 aliphatic carbocycles. The van der Waals surface area contributed by atoms with Gasteiger partial charge in [0.2, 0.25) is 0 Å². The standard InChI is InChI=1S/C23H37NO.ClH/c1-4-5-6-7-8-11-14-24-22-19-13-10-9-12-18(19)20-16(2)15-17(3)23(25)21(20)22;/h15,18-19,22,24-25H,4-14H2,1-3H3;1H. The Morgan fingerprint density at radius 1 is 0.962 bits per heavy atom. The third-order valence-corrected chi connectivity index (χ3v) is 6.60. The van der Waals surface area contributed by atoms with E-state index in [1.807, 2.05) is 0 Å². The van der Waals surface area contributed by atoms with Crippen molar-refractivity contribution in [2.45, 2.75) is 96.9 Å². The summed E-state index contributed by atoms with van der Waals surface area (Å²) < 4.78 is 0. The van der Waals surface area contributed by atoms with Crippen LogP contribution in [0.3, 0.4) is 0 Å². The molecule has 3 heteroatoms. The molecule has 2 aliphatic rings. The lowest BCUT2D eigenvalue weighted by Crippen LogP contribution is -2.29. The first-order valence-electron chi connectivity index (χ1n) is 10.7. The first-order valence-corrected chi connectivity index (χ1v) is 10.7. The molecule has 3 unspecified atom stereocenters. The van der Waals surface area contributed by atoms with Crippen LogP contribution >= 0.6 is 12.4 Å². The number of aromatic hydroxyl groups is 1. The lowest BCUT2D eigenvalue weighted by Gasteiger charge is -2.30. The van der Waals surface area contributed by atoms with E-state index in [2.05, 4.69) is 32.2 Å². The molecule has 3 rings (SSSR count). The minimum atomic E-state index is 0. The van der Waals surface area contributed by atoms with E-state index in [1.165, 1.54) is 80.9 Å². The number of halogens is 1. The van der Waals surface area contributed by atoms with E-state index < -0.39 is 0 Å². The summed E-state index contributed by atoms with van der Waals surface area (Å²) in [6, 6.07) is 2.56. The predicted molar refractivity (Wildman–Crippen MR) is 114 cm³/mol. The molecule has 0 aliphatic heterocycles. The summed E-state index contributed by atoms with van der Waals surface area (Å²) in [6.45, 7) is 7.66. The van der Waals surface area contributed by atoms with Gasteiger partial charge in [-0.3, -0.25) is 0 Å². The zero-order chi connectivity index (χ0) is 17.8. The first-order chi connectivity index (χ1) is 12.1. The molecule has 0 amide bonds. The highest BCUT2D eigenvalue weighted by atomic mass is 35.5. The lowest BCUT2D eigenvalue weighted by molar-refractivity contribution is 0.260. The monoisotopic (exact) mass is 379 g/mol. The van der Waals surface area contributed by atoms with Gasteiger partial charge >= 0.3 is 0 Å². The smallest absolute Gasteiger partial charge is 0.123 e. The Morgan fingerprint density at radius 3 is 2.42 bits per heavy atom. The first kappa shape index (κ1) is 21.6. The molecule has 0 heterocycles. The van der Waals surface area contributed by atoms with Crippen molar-refractivity contribution in [2.24, 2.45) is 5.92 Å². The third-order valence-electron chi connectivity index (χ3n) is 6.60. The molecule has 1 saturated carbocycles. The van der Waals surface area contributed by atoms with Crippen LogP contribution in [-0.4, -0.2) is 11.7 Å².